The highest BCUT2D eigenvalue weighted by molar-refractivity contribution is 6.00. The number of aromatic nitrogens is 1. The second-order valence-corrected chi connectivity index (χ2v) is 5.15. The third-order valence-corrected chi connectivity index (χ3v) is 3.32. The van der Waals surface area contributed by atoms with Crippen LogP contribution in [0.1, 0.15) is 23.2 Å². The van der Waals surface area contributed by atoms with E-state index in [1.807, 2.05) is 0 Å². The lowest BCUT2D eigenvalue weighted by atomic mass is 10.3. The molecule has 1 saturated carbocycles. The predicted molar refractivity (Wildman–Crippen MR) is 77.9 cm³/mol. The number of aromatic carboxylic acids is 1. The van der Waals surface area contributed by atoms with Crippen LogP contribution in [0.2, 0.25) is 0 Å². The summed E-state index contributed by atoms with van der Waals surface area (Å²) in [5.74, 6) is -1.60. The number of nitrogens with zero attached hydrogens (tertiary/aromatic N) is 1. The minimum absolute atomic E-state index is 0.0600. The number of rotatable bonds is 4. The number of carboxylic acid groups (broad SMARTS) is 1. The van der Waals surface area contributed by atoms with Gasteiger partial charge in [0.2, 0.25) is 0 Å². The van der Waals surface area contributed by atoms with Gasteiger partial charge in [-0.1, -0.05) is 6.07 Å². The normalized spacial score (nSPS) is 13.7. The molecule has 1 aliphatic carbocycles. The molecule has 0 atom stereocenters. The second-order valence-electron chi connectivity index (χ2n) is 5.15. The molecule has 22 heavy (non-hydrogen) atoms. The van der Waals surface area contributed by atoms with Crippen LogP contribution in [0, 0.1) is 5.82 Å². The van der Waals surface area contributed by atoms with Gasteiger partial charge in [-0.3, -0.25) is 0 Å². The number of anilines is 1. The number of amides is 2. The van der Waals surface area contributed by atoms with Gasteiger partial charge >= 0.3 is 12.0 Å². The Hall–Kier alpha value is -2.83. The van der Waals surface area contributed by atoms with Crippen molar-refractivity contribution in [2.75, 3.05) is 5.32 Å². The molecule has 7 heteroatoms. The number of nitrogens with one attached hydrogen (secondary N) is 2. The Kier molecular flexibility index (Phi) is 3.54. The van der Waals surface area contributed by atoms with E-state index in [1.165, 1.54) is 35.2 Å². The molecule has 6 nitrogen and oxygen atoms in total. The lowest BCUT2D eigenvalue weighted by molar-refractivity contribution is 0.0698. The summed E-state index contributed by atoms with van der Waals surface area (Å²) in [4.78, 5) is 23.0. The number of hydrogen-bond donors (Lipinski definition) is 3. The first-order valence-corrected chi connectivity index (χ1v) is 6.81. The maximum absolute atomic E-state index is 13.3. The molecule has 3 rings (SSSR count). The average Bonchev–Trinajstić information content (AvgIpc) is 3.15. The minimum Gasteiger partial charge on any atom is -0.478 e. The van der Waals surface area contributed by atoms with Gasteiger partial charge < -0.3 is 20.3 Å². The summed E-state index contributed by atoms with van der Waals surface area (Å²) in [6, 6.07) is 5.47. The van der Waals surface area contributed by atoms with Crippen LogP contribution in [0.3, 0.4) is 0 Å². The van der Waals surface area contributed by atoms with Crippen molar-refractivity contribution in [2.45, 2.75) is 18.9 Å². The molecule has 0 saturated heterocycles. The van der Waals surface area contributed by atoms with Crippen LogP contribution in [0.4, 0.5) is 14.9 Å². The standard InChI is InChI=1S/C15H14FN3O3/c16-9-2-1-3-11(6-9)19-7-12(14(20)21)13(8-19)18-15(22)17-10-4-5-10/h1-3,6-8,10H,4-5H2,(H,20,21)(H2,17,18,22). The maximum atomic E-state index is 13.3. The molecule has 2 aromatic rings. The van der Waals surface area contributed by atoms with Crippen LogP contribution >= 0.6 is 0 Å². The highest BCUT2D eigenvalue weighted by Crippen LogP contribution is 2.22. The van der Waals surface area contributed by atoms with Crippen LogP contribution in [-0.4, -0.2) is 27.7 Å². The van der Waals surface area contributed by atoms with Crippen LogP contribution in [0.5, 0.6) is 0 Å². The molecule has 0 bridgehead atoms. The summed E-state index contributed by atoms with van der Waals surface area (Å²) in [6.07, 6.45) is 4.65. The summed E-state index contributed by atoms with van der Waals surface area (Å²) < 4.78 is 14.7. The number of benzene rings is 1. The number of carboxylic acids is 1. The molecule has 0 radical (unpaired) electrons. The van der Waals surface area contributed by atoms with E-state index < -0.39 is 17.8 Å². The molecular formula is C15H14FN3O3. The van der Waals surface area contributed by atoms with Crippen LogP contribution in [-0.2, 0) is 0 Å². The Balaban J connectivity index is 1.88. The van der Waals surface area contributed by atoms with Crippen molar-refractivity contribution in [3.05, 3.63) is 48.0 Å². The zero-order chi connectivity index (χ0) is 15.7. The summed E-state index contributed by atoms with van der Waals surface area (Å²) in [7, 11) is 0. The fraction of sp³-hybridized carbons (Fsp3) is 0.200. The van der Waals surface area contributed by atoms with Crippen molar-refractivity contribution < 1.29 is 19.1 Å². The third kappa shape index (κ3) is 3.08. The fourth-order valence-corrected chi connectivity index (χ4v) is 2.08. The third-order valence-electron chi connectivity index (χ3n) is 3.32. The monoisotopic (exact) mass is 303 g/mol. The second kappa shape index (κ2) is 5.51. The molecule has 0 spiro atoms. The summed E-state index contributed by atoms with van der Waals surface area (Å²) in [6.45, 7) is 0. The number of hydrogen-bond acceptors (Lipinski definition) is 2. The molecule has 3 N–H and O–H groups in total. The van der Waals surface area contributed by atoms with E-state index in [-0.39, 0.29) is 17.3 Å². The first-order valence-electron chi connectivity index (χ1n) is 6.81. The van der Waals surface area contributed by atoms with E-state index >= 15 is 0 Å². The summed E-state index contributed by atoms with van der Waals surface area (Å²) >= 11 is 0. The fourth-order valence-electron chi connectivity index (χ4n) is 2.08. The van der Waals surface area contributed by atoms with Crippen molar-refractivity contribution in [3.8, 4) is 5.69 Å². The van der Waals surface area contributed by atoms with Gasteiger partial charge in [0.15, 0.2) is 0 Å². The predicted octanol–water partition coefficient (Wildman–Crippen LogP) is 2.60. The molecule has 0 unspecified atom stereocenters. The van der Waals surface area contributed by atoms with Crippen LogP contribution in [0.25, 0.3) is 5.69 Å². The Morgan fingerprint density at radius 3 is 2.68 bits per heavy atom. The van der Waals surface area contributed by atoms with Crippen LogP contribution < -0.4 is 10.6 Å². The van der Waals surface area contributed by atoms with Gasteiger partial charge in [0.25, 0.3) is 0 Å². The van der Waals surface area contributed by atoms with E-state index in [1.54, 1.807) is 6.07 Å². The largest absolute Gasteiger partial charge is 0.478 e. The topological polar surface area (TPSA) is 83.4 Å². The van der Waals surface area contributed by atoms with Gasteiger partial charge in [0, 0.05) is 24.1 Å². The van der Waals surface area contributed by atoms with Crippen molar-refractivity contribution in [2.24, 2.45) is 0 Å². The highest BCUT2D eigenvalue weighted by atomic mass is 19.1. The quantitative estimate of drug-likeness (QED) is 0.812. The molecule has 2 amide bonds. The maximum Gasteiger partial charge on any atom is 0.339 e. The first-order chi connectivity index (χ1) is 10.5. The number of carbonyl (C=O) groups excluding carboxylic acids is 1. The van der Waals surface area contributed by atoms with Crippen molar-refractivity contribution in [3.63, 3.8) is 0 Å². The lowest BCUT2D eigenvalue weighted by Gasteiger charge is -2.05. The molecule has 114 valence electrons. The molecule has 1 aromatic heterocycles. The van der Waals surface area contributed by atoms with Crippen molar-refractivity contribution in [1.82, 2.24) is 9.88 Å². The Morgan fingerprint density at radius 2 is 2.05 bits per heavy atom. The number of halogens is 1. The van der Waals surface area contributed by atoms with Crippen molar-refractivity contribution in [1.29, 1.82) is 0 Å². The summed E-state index contributed by atoms with van der Waals surface area (Å²) in [5, 5.41) is 14.5. The van der Waals surface area contributed by atoms with Crippen LogP contribution in [0.15, 0.2) is 36.7 Å². The molecule has 1 fully saturated rings. The molecular weight excluding hydrogens is 289 g/mol. The van der Waals surface area contributed by atoms with Gasteiger partial charge in [-0.25, -0.2) is 14.0 Å². The zero-order valence-electron chi connectivity index (χ0n) is 11.5. The van der Waals surface area contributed by atoms with Gasteiger partial charge in [0.05, 0.1) is 5.69 Å². The lowest BCUT2D eigenvalue weighted by Crippen LogP contribution is -2.30. The van der Waals surface area contributed by atoms with Gasteiger partial charge in [-0.05, 0) is 31.0 Å². The molecule has 1 aromatic carbocycles. The first kappa shape index (κ1) is 14.1. The Bertz CT molecular complexity index is 737. The van der Waals surface area contributed by atoms with Gasteiger partial charge in [0.1, 0.15) is 11.4 Å². The van der Waals surface area contributed by atoms with Crippen molar-refractivity contribution >= 4 is 17.7 Å². The zero-order valence-corrected chi connectivity index (χ0v) is 11.5. The minimum atomic E-state index is -1.17. The highest BCUT2D eigenvalue weighted by Gasteiger charge is 2.24. The van der Waals surface area contributed by atoms with E-state index in [0.717, 1.165) is 12.8 Å². The average molecular weight is 303 g/mol. The summed E-state index contributed by atoms with van der Waals surface area (Å²) in [5.41, 5.74) is 0.572. The van der Waals surface area contributed by atoms with Gasteiger partial charge in [-0.2, -0.15) is 0 Å². The molecule has 1 aliphatic rings. The molecule has 1 heterocycles. The smallest absolute Gasteiger partial charge is 0.339 e. The Labute approximate surface area is 125 Å². The van der Waals surface area contributed by atoms with E-state index in [0.29, 0.717) is 5.69 Å². The van der Waals surface area contributed by atoms with Gasteiger partial charge in [-0.15, -0.1) is 0 Å². The number of urea groups is 1. The Morgan fingerprint density at radius 1 is 1.27 bits per heavy atom. The van der Waals surface area contributed by atoms with E-state index in [2.05, 4.69) is 10.6 Å². The number of carbonyl (C=O) groups is 2. The van der Waals surface area contributed by atoms with E-state index in [4.69, 9.17) is 0 Å². The molecule has 0 aliphatic heterocycles. The SMILES string of the molecule is O=C(Nc1cn(-c2cccc(F)c2)cc1C(=O)O)NC1CC1. The van der Waals surface area contributed by atoms with E-state index in [9.17, 15) is 19.1 Å².